The number of aromatic nitrogens is 2. The van der Waals surface area contributed by atoms with Crippen molar-refractivity contribution in [2.45, 2.75) is 45.4 Å². The molecule has 0 amide bonds. The van der Waals surface area contributed by atoms with Crippen molar-refractivity contribution >= 4 is 11.8 Å². The fourth-order valence-electron chi connectivity index (χ4n) is 2.64. The maximum absolute atomic E-state index is 11.6. The number of anilines is 1. The zero-order valence-corrected chi connectivity index (χ0v) is 11.6. The molecule has 19 heavy (non-hydrogen) atoms. The normalized spacial score (nSPS) is 23.1. The molecule has 2 atom stereocenters. The van der Waals surface area contributed by atoms with E-state index in [0.29, 0.717) is 18.4 Å². The van der Waals surface area contributed by atoms with Crippen molar-refractivity contribution in [1.29, 1.82) is 0 Å². The first-order valence-electron chi connectivity index (χ1n) is 6.91. The second kappa shape index (κ2) is 5.99. The van der Waals surface area contributed by atoms with E-state index in [-0.39, 0.29) is 11.4 Å². The maximum atomic E-state index is 11.6. The summed E-state index contributed by atoms with van der Waals surface area (Å²) >= 11 is 0. The van der Waals surface area contributed by atoms with Gasteiger partial charge in [-0.1, -0.05) is 19.8 Å². The van der Waals surface area contributed by atoms with Gasteiger partial charge >= 0.3 is 5.97 Å². The lowest BCUT2D eigenvalue weighted by atomic mass is 9.82. The Labute approximate surface area is 113 Å². The van der Waals surface area contributed by atoms with Gasteiger partial charge in [-0.05, 0) is 25.7 Å². The Kier molecular flexibility index (Phi) is 4.35. The number of ether oxygens (including phenoxy) is 1. The van der Waals surface area contributed by atoms with Crippen LogP contribution in [0.3, 0.4) is 0 Å². The summed E-state index contributed by atoms with van der Waals surface area (Å²) in [6.45, 7) is 4.33. The molecule has 104 valence electrons. The summed E-state index contributed by atoms with van der Waals surface area (Å²) in [6, 6.07) is 0. The van der Waals surface area contributed by atoms with Crippen LogP contribution in [0.2, 0.25) is 0 Å². The molecule has 0 spiro atoms. The number of rotatable bonds is 3. The molecule has 5 heteroatoms. The largest absolute Gasteiger partial charge is 0.462 e. The van der Waals surface area contributed by atoms with Crippen LogP contribution in [0, 0.1) is 5.92 Å². The van der Waals surface area contributed by atoms with Crippen molar-refractivity contribution in [3.8, 4) is 0 Å². The number of nitrogens with two attached hydrogens (primary N) is 1. The SMILES string of the molecule is CCOC(=O)c1cnc(C2CCCC(C)C2)nc1N. The molecule has 0 radical (unpaired) electrons. The lowest BCUT2D eigenvalue weighted by Gasteiger charge is -2.25. The van der Waals surface area contributed by atoms with Gasteiger partial charge < -0.3 is 10.5 Å². The van der Waals surface area contributed by atoms with Crippen LogP contribution in [0.4, 0.5) is 5.82 Å². The lowest BCUT2D eigenvalue weighted by Crippen LogP contribution is -2.17. The highest BCUT2D eigenvalue weighted by molar-refractivity contribution is 5.93. The van der Waals surface area contributed by atoms with E-state index >= 15 is 0 Å². The number of esters is 1. The van der Waals surface area contributed by atoms with Crippen molar-refractivity contribution in [3.63, 3.8) is 0 Å². The zero-order valence-electron chi connectivity index (χ0n) is 11.6. The first-order valence-corrected chi connectivity index (χ1v) is 6.91. The van der Waals surface area contributed by atoms with E-state index < -0.39 is 5.97 Å². The van der Waals surface area contributed by atoms with Gasteiger partial charge in [-0.3, -0.25) is 0 Å². The lowest BCUT2D eigenvalue weighted by molar-refractivity contribution is 0.0526. The average Bonchev–Trinajstić information content (AvgIpc) is 2.38. The number of carbonyl (C=O) groups is 1. The Hall–Kier alpha value is -1.65. The van der Waals surface area contributed by atoms with Crippen molar-refractivity contribution in [2.24, 2.45) is 5.92 Å². The van der Waals surface area contributed by atoms with E-state index in [4.69, 9.17) is 10.5 Å². The van der Waals surface area contributed by atoms with Gasteiger partial charge in [-0.15, -0.1) is 0 Å². The molecule has 1 aromatic heterocycles. The maximum Gasteiger partial charge on any atom is 0.343 e. The summed E-state index contributed by atoms with van der Waals surface area (Å²) in [7, 11) is 0. The summed E-state index contributed by atoms with van der Waals surface area (Å²) in [6.07, 6.45) is 6.16. The summed E-state index contributed by atoms with van der Waals surface area (Å²) in [5.41, 5.74) is 6.10. The molecule has 0 saturated heterocycles. The zero-order chi connectivity index (χ0) is 13.8. The van der Waals surface area contributed by atoms with E-state index in [9.17, 15) is 4.79 Å². The second-order valence-electron chi connectivity index (χ2n) is 5.22. The third kappa shape index (κ3) is 3.22. The topological polar surface area (TPSA) is 78.1 Å². The summed E-state index contributed by atoms with van der Waals surface area (Å²) in [5.74, 6) is 1.60. The predicted molar refractivity (Wildman–Crippen MR) is 72.8 cm³/mol. The standard InChI is InChI=1S/C14H21N3O2/c1-3-19-14(18)11-8-16-13(17-12(11)15)10-6-4-5-9(2)7-10/h8-10H,3-7H2,1-2H3,(H2,15,16,17). The quantitative estimate of drug-likeness (QED) is 0.848. The van der Waals surface area contributed by atoms with Crippen LogP contribution in [-0.4, -0.2) is 22.5 Å². The molecule has 5 nitrogen and oxygen atoms in total. The highest BCUT2D eigenvalue weighted by Gasteiger charge is 2.24. The smallest absolute Gasteiger partial charge is 0.343 e. The van der Waals surface area contributed by atoms with Crippen molar-refractivity contribution < 1.29 is 9.53 Å². The van der Waals surface area contributed by atoms with Crippen molar-refractivity contribution in [3.05, 3.63) is 17.6 Å². The molecule has 1 aromatic rings. The van der Waals surface area contributed by atoms with Crippen LogP contribution < -0.4 is 5.73 Å². The molecule has 1 heterocycles. The molecule has 0 aliphatic heterocycles. The van der Waals surface area contributed by atoms with Crippen LogP contribution in [0.5, 0.6) is 0 Å². The molecule has 2 N–H and O–H groups in total. The molecular weight excluding hydrogens is 242 g/mol. The monoisotopic (exact) mass is 263 g/mol. The first kappa shape index (κ1) is 13.8. The van der Waals surface area contributed by atoms with Gasteiger partial charge in [-0.25, -0.2) is 14.8 Å². The Bertz CT molecular complexity index is 462. The molecule has 1 aliphatic carbocycles. The van der Waals surface area contributed by atoms with E-state index in [1.807, 2.05) is 0 Å². The number of carbonyl (C=O) groups excluding carboxylic acids is 1. The Morgan fingerprint density at radius 2 is 2.32 bits per heavy atom. The van der Waals surface area contributed by atoms with Gasteiger partial charge in [0.15, 0.2) is 0 Å². The van der Waals surface area contributed by atoms with Crippen LogP contribution >= 0.6 is 0 Å². The number of hydrogen-bond acceptors (Lipinski definition) is 5. The summed E-state index contributed by atoms with van der Waals surface area (Å²) < 4.78 is 4.91. The third-order valence-electron chi connectivity index (χ3n) is 3.63. The van der Waals surface area contributed by atoms with Gasteiger partial charge in [0.05, 0.1) is 6.61 Å². The van der Waals surface area contributed by atoms with E-state index in [0.717, 1.165) is 18.7 Å². The van der Waals surface area contributed by atoms with Gasteiger partial charge in [0.1, 0.15) is 17.2 Å². The average molecular weight is 263 g/mol. The van der Waals surface area contributed by atoms with Gasteiger partial charge in [0, 0.05) is 12.1 Å². The number of nitrogens with zero attached hydrogens (tertiary/aromatic N) is 2. The molecule has 2 unspecified atom stereocenters. The minimum Gasteiger partial charge on any atom is -0.462 e. The molecule has 0 bridgehead atoms. The number of hydrogen-bond donors (Lipinski definition) is 1. The fraction of sp³-hybridized carbons (Fsp3) is 0.643. The summed E-state index contributed by atoms with van der Waals surface area (Å²) in [5, 5.41) is 0. The summed E-state index contributed by atoms with van der Waals surface area (Å²) in [4.78, 5) is 20.2. The molecule has 1 saturated carbocycles. The predicted octanol–water partition coefficient (Wildman–Crippen LogP) is 2.53. The van der Waals surface area contributed by atoms with Gasteiger partial charge in [-0.2, -0.15) is 0 Å². The van der Waals surface area contributed by atoms with Gasteiger partial charge in [0.25, 0.3) is 0 Å². The van der Waals surface area contributed by atoms with Crippen LogP contribution in [0.25, 0.3) is 0 Å². The van der Waals surface area contributed by atoms with Crippen LogP contribution in [-0.2, 0) is 4.74 Å². The van der Waals surface area contributed by atoms with E-state index in [1.54, 1.807) is 6.92 Å². The minimum atomic E-state index is -0.455. The molecule has 0 aromatic carbocycles. The number of nitrogen functional groups attached to an aromatic ring is 1. The minimum absolute atomic E-state index is 0.224. The van der Waals surface area contributed by atoms with Gasteiger partial charge in [0.2, 0.25) is 0 Å². The van der Waals surface area contributed by atoms with Crippen LogP contribution in [0.1, 0.15) is 61.6 Å². The van der Waals surface area contributed by atoms with Crippen molar-refractivity contribution in [1.82, 2.24) is 9.97 Å². The highest BCUT2D eigenvalue weighted by atomic mass is 16.5. The Balaban J connectivity index is 2.16. The van der Waals surface area contributed by atoms with Crippen molar-refractivity contribution in [2.75, 3.05) is 12.3 Å². The highest BCUT2D eigenvalue weighted by Crippen LogP contribution is 2.34. The van der Waals surface area contributed by atoms with Crippen LogP contribution in [0.15, 0.2) is 6.20 Å². The Morgan fingerprint density at radius 3 is 2.95 bits per heavy atom. The molecule has 2 rings (SSSR count). The fourth-order valence-corrected chi connectivity index (χ4v) is 2.64. The van der Waals surface area contributed by atoms with E-state index in [2.05, 4.69) is 16.9 Å². The molecule has 1 fully saturated rings. The molecule has 1 aliphatic rings. The molecular formula is C14H21N3O2. The Morgan fingerprint density at radius 1 is 1.53 bits per heavy atom. The second-order valence-corrected chi connectivity index (χ2v) is 5.22. The third-order valence-corrected chi connectivity index (χ3v) is 3.63. The first-order chi connectivity index (χ1) is 9.11. The van der Waals surface area contributed by atoms with E-state index in [1.165, 1.54) is 19.0 Å².